The van der Waals surface area contributed by atoms with Crippen molar-refractivity contribution in [1.82, 2.24) is 4.90 Å². The predicted octanol–water partition coefficient (Wildman–Crippen LogP) is 6.66. The van der Waals surface area contributed by atoms with Gasteiger partial charge in [0.15, 0.2) is 0 Å². The van der Waals surface area contributed by atoms with Crippen LogP contribution in [0.2, 0.25) is 0 Å². The van der Waals surface area contributed by atoms with Crippen molar-refractivity contribution in [2.45, 2.75) is 76.3 Å². The Kier molecular flexibility index (Phi) is 7.41. The zero-order valence-electron chi connectivity index (χ0n) is 18.7. The Balaban J connectivity index is 1.47. The number of rotatable bonds is 6. The van der Waals surface area contributed by atoms with Crippen molar-refractivity contribution in [2.24, 2.45) is 0 Å². The van der Waals surface area contributed by atoms with Gasteiger partial charge in [0.2, 0.25) is 0 Å². The molecule has 2 saturated carbocycles. The van der Waals surface area contributed by atoms with Crippen molar-refractivity contribution >= 4 is 24.0 Å². The maximum atomic E-state index is 13.6. The molecule has 2 aromatic rings. The molecule has 2 aliphatic carbocycles. The van der Waals surface area contributed by atoms with Crippen molar-refractivity contribution in [3.63, 3.8) is 0 Å². The Labute approximate surface area is 191 Å². The second-order valence-electron chi connectivity index (χ2n) is 9.18. The fraction of sp³-hybridized carbons (Fsp3) is 0.429. The summed E-state index contributed by atoms with van der Waals surface area (Å²) < 4.78 is 0. The lowest BCUT2D eigenvalue weighted by Gasteiger charge is -2.42. The molecule has 0 unspecified atom stereocenters. The second-order valence-corrected chi connectivity index (χ2v) is 9.18. The van der Waals surface area contributed by atoms with Crippen LogP contribution in [0.3, 0.4) is 0 Å². The summed E-state index contributed by atoms with van der Waals surface area (Å²) in [5.41, 5.74) is 3.02. The zero-order chi connectivity index (χ0) is 22.3. The largest absolute Gasteiger partial charge is 0.478 e. The first kappa shape index (κ1) is 22.3. The number of hydrogen-bond acceptors (Lipinski definition) is 2. The van der Waals surface area contributed by atoms with Crippen LogP contribution >= 0.6 is 0 Å². The molecule has 0 spiro atoms. The molecule has 1 N–H and O–H groups in total. The average Bonchev–Trinajstić information content (AvgIpc) is 2.85. The number of carboxylic acids is 1. The molecule has 168 valence electrons. The number of nitrogens with zero attached hydrogens (tertiary/aromatic N) is 1. The highest BCUT2D eigenvalue weighted by atomic mass is 16.4. The van der Waals surface area contributed by atoms with Crippen LogP contribution in [0, 0.1) is 0 Å². The Morgan fingerprint density at radius 3 is 1.47 bits per heavy atom. The summed E-state index contributed by atoms with van der Waals surface area (Å²) in [6.45, 7) is 0. The summed E-state index contributed by atoms with van der Waals surface area (Å²) in [4.78, 5) is 26.8. The number of benzene rings is 2. The third kappa shape index (κ3) is 5.48. The van der Waals surface area contributed by atoms with E-state index in [1.165, 1.54) is 38.5 Å². The number of amides is 1. The molecule has 2 aliphatic rings. The molecule has 0 saturated heterocycles. The Morgan fingerprint density at radius 2 is 1.06 bits per heavy atom. The van der Waals surface area contributed by atoms with E-state index >= 15 is 0 Å². The van der Waals surface area contributed by atoms with Gasteiger partial charge in [-0.3, -0.25) is 4.79 Å². The smallest absolute Gasteiger partial charge is 0.335 e. The molecule has 32 heavy (non-hydrogen) atoms. The second kappa shape index (κ2) is 10.6. The van der Waals surface area contributed by atoms with Crippen LogP contribution in [0.5, 0.6) is 0 Å². The maximum Gasteiger partial charge on any atom is 0.335 e. The van der Waals surface area contributed by atoms with Gasteiger partial charge in [0.1, 0.15) is 0 Å². The van der Waals surface area contributed by atoms with Crippen molar-refractivity contribution in [3.8, 4) is 0 Å². The summed E-state index contributed by atoms with van der Waals surface area (Å²) in [6, 6.07) is 15.5. The van der Waals surface area contributed by atoms with Crippen LogP contribution in [0.4, 0.5) is 0 Å². The summed E-state index contributed by atoms with van der Waals surface area (Å²) >= 11 is 0. The molecule has 0 atom stereocenters. The van der Waals surface area contributed by atoms with Crippen molar-refractivity contribution < 1.29 is 14.7 Å². The molecule has 4 nitrogen and oxygen atoms in total. The van der Waals surface area contributed by atoms with Crippen molar-refractivity contribution in [1.29, 1.82) is 0 Å². The number of carbonyl (C=O) groups excluding carboxylic acids is 1. The van der Waals surface area contributed by atoms with Gasteiger partial charge in [-0.1, -0.05) is 74.9 Å². The number of carbonyl (C=O) groups is 2. The number of hydrogen-bond donors (Lipinski definition) is 1. The van der Waals surface area contributed by atoms with Gasteiger partial charge in [-0.25, -0.2) is 4.79 Å². The lowest BCUT2D eigenvalue weighted by Crippen LogP contribution is -2.48. The summed E-state index contributed by atoms with van der Waals surface area (Å²) in [7, 11) is 0. The van der Waals surface area contributed by atoms with Crippen LogP contribution < -0.4 is 0 Å². The Hall–Kier alpha value is -2.88. The van der Waals surface area contributed by atoms with E-state index < -0.39 is 5.97 Å². The highest BCUT2D eigenvalue weighted by Crippen LogP contribution is 2.31. The van der Waals surface area contributed by atoms with E-state index in [0.717, 1.165) is 42.4 Å². The van der Waals surface area contributed by atoms with E-state index in [-0.39, 0.29) is 11.5 Å². The lowest BCUT2D eigenvalue weighted by molar-refractivity contribution is 0.0448. The van der Waals surface area contributed by atoms with Gasteiger partial charge >= 0.3 is 5.97 Å². The lowest BCUT2D eigenvalue weighted by atomic mass is 9.88. The van der Waals surface area contributed by atoms with Crippen molar-refractivity contribution in [3.05, 3.63) is 70.8 Å². The van der Waals surface area contributed by atoms with E-state index in [2.05, 4.69) is 4.90 Å². The SMILES string of the molecule is O=C(O)c1ccc(/C=C/c2ccc(C(=O)N(C3CCCCC3)C3CCCCC3)cc2)cc1. The molecule has 0 aliphatic heterocycles. The molecular weight excluding hydrogens is 398 g/mol. The predicted molar refractivity (Wildman–Crippen MR) is 129 cm³/mol. The molecule has 1 amide bonds. The summed E-state index contributed by atoms with van der Waals surface area (Å²) in [6.07, 6.45) is 16.0. The molecule has 0 aromatic heterocycles. The first-order valence-corrected chi connectivity index (χ1v) is 12.1. The van der Waals surface area contributed by atoms with Crippen molar-refractivity contribution in [2.75, 3.05) is 0 Å². The zero-order valence-corrected chi connectivity index (χ0v) is 18.7. The highest BCUT2D eigenvalue weighted by molar-refractivity contribution is 5.95. The fourth-order valence-electron chi connectivity index (χ4n) is 5.16. The molecule has 4 heteroatoms. The standard InChI is InChI=1S/C28H33NO3/c30-27(29(25-7-3-1-4-8-25)26-9-5-2-6-10-26)23-17-13-21(14-18-23)11-12-22-15-19-24(20-16-22)28(31)32/h11-20,25-26H,1-10H2,(H,31,32)/b12-11+. The molecule has 4 rings (SSSR count). The van der Waals surface area contributed by atoms with Gasteiger partial charge in [0, 0.05) is 17.6 Å². The molecule has 2 fully saturated rings. The van der Waals surface area contributed by atoms with Crippen LogP contribution in [0.25, 0.3) is 12.2 Å². The van der Waals surface area contributed by atoms with E-state index in [1.807, 2.05) is 36.4 Å². The average molecular weight is 432 g/mol. The van der Waals surface area contributed by atoms with Gasteiger partial charge in [-0.15, -0.1) is 0 Å². The molecule has 0 radical (unpaired) electrons. The fourth-order valence-corrected chi connectivity index (χ4v) is 5.16. The van der Waals surface area contributed by atoms with E-state index in [9.17, 15) is 9.59 Å². The summed E-state index contributed by atoms with van der Waals surface area (Å²) in [5, 5.41) is 9.01. The van der Waals surface area contributed by atoms with Crippen LogP contribution in [-0.2, 0) is 0 Å². The van der Waals surface area contributed by atoms with E-state index in [1.54, 1.807) is 24.3 Å². The van der Waals surface area contributed by atoms with Crippen LogP contribution in [0.1, 0.15) is 96.1 Å². The quantitative estimate of drug-likeness (QED) is 0.520. The maximum absolute atomic E-state index is 13.6. The molecule has 2 aromatic carbocycles. The minimum atomic E-state index is -0.920. The van der Waals surface area contributed by atoms with E-state index in [0.29, 0.717) is 12.1 Å². The third-order valence-corrected chi connectivity index (χ3v) is 6.95. The summed E-state index contributed by atoms with van der Waals surface area (Å²) in [5.74, 6) is -0.722. The van der Waals surface area contributed by atoms with Gasteiger partial charge < -0.3 is 10.0 Å². The number of aromatic carboxylic acids is 1. The molecular formula is C28H33NO3. The van der Waals surface area contributed by atoms with Crippen LogP contribution in [0.15, 0.2) is 48.5 Å². The van der Waals surface area contributed by atoms with Gasteiger partial charge in [0.05, 0.1) is 5.56 Å². The van der Waals surface area contributed by atoms with Gasteiger partial charge in [-0.2, -0.15) is 0 Å². The minimum Gasteiger partial charge on any atom is -0.478 e. The van der Waals surface area contributed by atoms with E-state index in [4.69, 9.17) is 5.11 Å². The molecule has 0 bridgehead atoms. The third-order valence-electron chi connectivity index (χ3n) is 6.95. The highest BCUT2D eigenvalue weighted by Gasteiger charge is 2.32. The topological polar surface area (TPSA) is 57.6 Å². The first-order chi connectivity index (χ1) is 15.6. The van der Waals surface area contributed by atoms with Gasteiger partial charge in [-0.05, 0) is 61.1 Å². The number of carboxylic acid groups (broad SMARTS) is 1. The Bertz CT molecular complexity index is 916. The van der Waals surface area contributed by atoms with Gasteiger partial charge in [0.25, 0.3) is 5.91 Å². The molecule has 0 heterocycles. The Morgan fingerprint density at radius 1 is 0.656 bits per heavy atom. The normalized spacial score (nSPS) is 18.0. The van der Waals surface area contributed by atoms with Crippen LogP contribution in [-0.4, -0.2) is 34.0 Å². The first-order valence-electron chi connectivity index (χ1n) is 12.1. The minimum absolute atomic E-state index is 0.198. The monoisotopic (exact) mass is 431 g/mol.